The molecule has 0 radical (unpaired) electrons. The van der Waals surface area contributed by atoms with Crippen LogP contribution in [0.1, 0.15) is 35.2 Å². The average molecular weight is 368 g/mol. The van der Waals surface area contributed by atoms with Crippen molar-refractivity contribution >= 4 is 22.3 Å². The Kier molecular flexibility index (Phi) is 6.68. The van der Waals surface area contributed by atoms with Gasteiger partial charge in [0.2, 0.25) is 0 Å². The Morgan fingerprint density at radius 3 is 2.92 bits per heavy atom. The predicted molar refractivity (Wildman–Crippen MR) is 109 cm³/mol. The third kappa shape index (κ3) is 5.34. The molecule has 1 aliphatic rings. The molecule has 2 aromatic heterocycles. The van der Waals surface area contributed by atoms with Crippen molar-refractivity contribution in [3.63, 3.8) is 0 Å². The Morgan fingerprint density at radius 2 is 2.12 bits per heavy atom. The zero-order chi connectivity index (χ0) is 18.2. The van der Waals surface area contributed by atoms with Gasteiger partial charge in [-0.2, -0.15) is 0 Å². The van der Waals surface area contributed by atoms with Gasteiger partial charge in [-0.25, -0.2) is 15.0 Å². The van der Waals surface area contributed by atoms with Gasteiger partial charge in [0.25, 0.3) is 0 Å². The minimum atomic E-state index is 0.442. The van der Waals surface area contributed by atoms with E-state index >= 15 is 0 Å². The molecule has 0 atom stereocenters. The van der Waals surface area contributed by atoms with E-state index in [1.54, 1.807) is 17.4 Å². The number of hydrogen-bond acceptors (Lipinski definition) is 6. The van der Waals surface area contributed by atoms with Crippen molar-refractivity contribution in [3.8, 4) is 0 Å². The molecular weight excluding hydrogens is 342 g/mol. The second-order valence-corrected chi connectivity index (χ2v) is 7.40. The summed E-state index contributed by atoms with van der Waals surface area (Å²) in [6.07, 6.45) is 14.7. The first-order chi connectivity index (χ1) is 12.7. The van der Waals surface area contributed by atoms with E-state index in [2.05, 4.69) is 33.3 Å². The number of allylic oxidation sites excluding steroid dienone is 5. The molecule has 0 saturated carbocycles. The van der Waals surface area contributed by atoms with E-state index in [0.29, 0.717) is 5.92 Å². The van der Waals surface area contributed by atoms with Crippen molar-refractivity contribution in [1.82, 2.24) is 20.3 Å². The first-order valence-corrected chi connectivity index (χ1v) is 9.78. The minimum Gasteiger partial charge on any atom is -0.317 e. The Bertz CT molecular complexity index is 787. The number of aromatic nitrogens is 3. The Hall–Kier alpha value is -2.31. The zero-order valence-corrected chi connectivity index (χ0v) is 15.9. The molecular formula is C20H25N5S. The van der Waals surface area contributed by atoms with Crippen molar-refractivity contribution in [2.75, 3.05) is 18.4 Å². The maximum Gasteiger partial charge on any atom is 0.188 e. The lowest BCUT2D eigenvalue weighted by molar-refractivity contribution is 0.444. The summed E-state index contributed by atoms with van der Waals surface area (Å²) < 4.78 is 0. The largest absolute Gasteiger partial charge is 0.317 e. The summed E-state index contributed by atoms with van der Waals surface area (Å²) in [4.78, 5) is 15.1. The monoisotopic (exact) mass is 367 g/mol. The normalized spacial score (nSPS) is 15.7. The van der Waals surface area contributed by atoms with E-state index in [-0.39, 0.29) is 0 Å². The number of thiazole rings is 1. The van der Waals surface area contributed by atoms with Crippen LogP contribution in [0, 0.1) is 6.92 Å². The highest BCUT2D eigenvalue weighted by atomic mass is 32.1. The quantitative estimate of drug-likeness (QED) is 0.715. The molecule has 0 unspecified atom stereocenters. The second kappa shape index (κ2) is 9.40. The zero-order valence-electron chi connectivity index (χ0n) is 15.1. The van der Waals surface area contributed by atoms with E-state index < -0.39 is 0 Å². The molecule has 26 heavy (non-hydrogen) atoms. The SMILES string of the molecule is C=CC=CC=CCc1cnc(Nc2cc(C)nc(C3CCNCC3)n2)s1. The number of piperidine rings is 1. The summed E-state index contributed by atoms with van der Waals surface area (Å²) in [7, 11) is 0. The number of nitrogens with one attached hydrogen (secondary N) is 2. The van der Waals surface area contributed by atoms with Crippen LogP contribution >= 0.6 is 11.3 Å². The maximum absolute atomic E-state index is 4.74. The molecule has 5 nitrogen and oxygen atoms in total. The van der Waals surface area contributed by atoms with Crippen LogP contribution in [0.15, 0.2) is 49.2 Å². The molecule has 1 fully saturated rings. The molecule has 0 bridgehead atoms. The van der Waals surface area contributed by atoms with Gasteiger partial charge in [-0.05, 0) is 32.9 Å². The predicted octanol–water partition coefficient (Wildman–Crippen LogP) is 4.29. The van der Waals surface area contributed by atoms with Gasteiger partial charge in [-0.15, -0.1) is 11.3 Å². The highest BCUT2D eigenvalue weighted by Gasteiger charge is 2.19. The van der Waals surface area contributed by atoms with Crippen LogP contribution in [0.4, 0.5) is 10.9 Å². The van der Waals surface area contributed by atoms with Crippen LogP contribution in [0.5, 0.6) is 0 Å². The maximum atomic E-state index is 4.74. The molecule has 136 valence electrons. The van der Waals surface area contributed by atoms with Crippen LogP contribution in [-0.2, 0) is 6.42 Å². The van der Waals surface area contributed by atoms with Crippen molar-refractivity contribution < 1.29 is 0 Å². The average Bonchev–Trinajstić information content (AvgIpc) is 3.09. The Morgan fingerprint density at radius 1 is 1.27 bits per heavy atom. The van der Waals surface area contributed by atoms with E-state index in [9.17, 15) is 0 Å². The summed E-state index contributed by atoms with van der Waals surface area (Å²) in [5.74, 6) is 2.22. The van der Waals surface area contributed by atoms with Crippen LogP contribution in [0.2, 0.25) is 0 Å². The summed E-state index contributed by atoms with van der Waals surface area (Å²) in [6.45, 7) is 7.75. The van der Waals surface area contributed by atoms with Crippen LogP contribution < -0.4 is 10.6 Å². The smallest absolute Gasteiger partial charge is 0.188 e. The lowest BCUT2D eigenvalue weighted by Crippen LogP contribution is -2.27. The van der Waals surface area contributed by atoms with Crippen LogP contribution in [0.25, 0.3) is 0 Å². The highest BCUT2D eigenvalue weighted by Crippen LogP contribution is 2.26. The van der Waals surface area contributed by atoms with Crippen molar-refractivity contribution in [2.24, 2.45) is 0 Å². The van der Waals surface area contributed by atoms with Crippen LogP contribution in [0.3, 0.4) is 0 Å². The van der Waals surface area contributed by atoms with Gasteiger partial charge in [0.1, 0.15) is 11.6 Å². The molecule has 3 rings (SSSR count). The van der Waals surface area contributed by atoms with E-state index in [1.165, 1.54) is 4.88 Å². The van der Waals surface area contributed by atoms with E-state index in [0.717, 1.165) is 54.8 Å². The number of anilines is 2. The molecule has 2 N–H and O–H groups in total. The van der Waals surface area contributed by atoms with Gasteiger partial charge in [-0.1, -0.05) is 37.0 Å². The fraction of sp³-hybridized carbons (Fsp3) is 0.350. The molecule has 0 aliphatic carbocycles. The van der Waals surface area contributed by atoms with E-state index in [4.69, 9.17) is 4.98 Å². The van der Waals surface area contributed by atoms with Crippen molar-refractivity contribution in [2.45, 2.75) is 32.1 Å². The molecule has 0 spiro atoms. The first kappa shape index (κ1) is 18.5. The second-order valence-electron chi connectivity index (χ2n) is 6.29. The lowest BCUT2D eigenvalue weighted by atomic mass is 9.97. The first-order valence-electron chi connectivity index (χ1n) is 8.97. The highest BCUT2D eigenvalue weighted by molar-refractivity contribution is 7.15. The molecule has 1 aliphatic heterocycles. The van der Waals surface area contributed by atoms with Gasteiger partial charge in [0.05, 0.1) is 0 Å². The van der Waals surface area contributed by atoms with E-state index in [1.807, 2.05) is 37.4 Å². The fourth-order valence-corrected chi connectivity index (χ4v) is 3.69. The van der Waals surface area contributed by atoms with Crippen molar-refractivity contribution in [3.05, 3.63) is 65.6 Å². The number of nitrogens with zero attached hydrogens (tertiary/aromatic N) is 3. The van der Waals surface area contributed by atoms with Gasteiger partial charge in [-0.3, -0.25) is 0 Å². The van der Waals surface area contributed by atoms with Gasteiger partial charge >= 0.3 is 0 Å². The molecule has 6 heteroatoms. The Balaban J connectivity index is 1.65. The summed E-state index contributed by atoms with van der Waals surface area (Å²) in [5.41, 5.74) is 0.991. The molecule has 2 aromatic rings. The van der Waals surface area contributed by atoms with Gasteiger partial charge < -0.3 is 10.6 Å². The topological polar surface area (TPSA) is 62.7 Å². The number of rotatable bonds is 7. The minimum absolute atomic E-state index is 0.442. The number of hydrogen-bond donors (Lipinski definition) is 2. The molecule has 1 saturated heterocycles. The standard InChI is InChI=1S/C20H25N5S/c1-3-4-5-6-7-8-17-14-22-20(26-17)25-18-13-15(2)23-19(24-18)16-9-11-21-12-10-16/h3-7,13-14,16,21H,1,8-12H2,2H3,(H,22,23,24,25). The summed E-state index contributed by atoms with van der Waals surface area (Å²) in [6, 6.07) is 1.98. The van der Waals surface area contributed by atoms with Crippen molar-refractivity contribution in [1.29, 1.82) is 0 Å². The summed E-state index contributed by atoms with van der Waals surface area (Å²) in [5, 5.41) is 7.60. The van der Waals surface area contributed by atoms with Gasteiger partial charge in [0, 0.05) is 35.2 Å². The lowest BCUT2D eigenvalue weighted by Gasteiger charge is -2.21. The number of aryl methyl sites for hydroxylation is 1. The Labute approximate surface area is 159 Å². The summed E-state index contributed by atoms with van der Waals surface area (Å²) >= 11 is 1.65. The third-order valence-electron chi connectivity index (χ3n) is 4.18. The molecule has 0 amide bonds. The van der Waals surface area contributed by atoms with Crippen LogP contribution in [-0.4, -0.2) is 28.0 Å². The third-order valence-corrected chi connectivity index (χ3v) is 5.11. The molecule has 0 aromatic carbocycles. The van der Waals surface area contributed by atoms with Gasteiger partial charge in [0.15, 0.2) is 5.13 Å². The molecule has 3 heterocycles. The fourth-order valence-electron chi connectivity index (χ4n) is 2.89.